The molecular formula is C14H17O2. The van der Waals surface area contributed by atoms with E-state index in [0.29, 0.717) is 0 Å². The lowest BCUT2D eigenvalue weighted by molar-refractivity contribution is -0.224. The normalized spacial score (nSPS) is 26.4. The van der Waals surface area contributed by atoms with Crippen LogP contribution in [-0.2, 0) is 4.74 Å². The molecule has 85 valence electrons. The third kappa shape index (κ3) is 1.52. The minimum atomic E-state index is -0.350. The second kappa shape index (κ2) is 3.77. The van der Waals surface area contributed by atoms with Crippen molar-refractivity contribution >= 4 is 0 Å². The maximum absolute atomic E-state index is 6.13. The van der Waals surface area contributed by atoms with Gasteiger partial charge in [0.1, 0.15) is 5.75 Å². The number of ether oxygens (including phenoxy) is 2. The van der Waals surface area contributed by atoms with Crippen LogP contribution in [0, 0.1) is 6.92 Å². The minimum absolute atomic E-state index is 0.100. The molecule has 2 heteroatoms. The lowest BCUT2D eigenvalue weighted by atomic mass is 10.0. The van der Waals surface area contributed by atoms with E-state index in [1.54, 1.807) is 0 Å². The summed E-state index contributed by atoms with van der Waals surface area (Å²) in [6, 6.07) is 8.17. The van der Waals surface area contributed by atoms with Gasteiger partial charge < -0.3 is 9.47 Å². The predicted molar refractivity (Wildman–Crippen MR) is 62.1 cm³/mol. The van der Waals surface area contributed by atoms with Gasteiger partial charge in [0.15, 0.2) is 0 Å². The Morgan fingerprint density at radius 2 is 2.00 bits per heavy atom. The van der Waals surface area contributed by atoms with Crippen molar-refractivity contribution in [2.45, 2.75) is 44.0 Å². The molecule has 1 unspecified atom stereocenters. The van der Waals surface area contributed by atoms with Crippen LogP contribution in [0.3, 0.4) is 0 Å². The first-order chi connectivity index (χ1) is 7.83. The third-order valence-corrected chi connectivity index (χ3v) is 3.55. The molecule has 1 spiro atoms. The monoisotopic (exact) mass is 217 g/mol. The van der Waals surface area contributed by atoms with Crippen LogP contribution in [0.5, 0.6) is 5.75 Å². The highest BCUT2D eigenvalue weighted by atomic mass is 16.7. The van der Waals surface area contributed by atoms with E-state index in [0.717, 1.165) is 30.6 Å². The highest BCUT2D eigenvalue weighted by Crippen LogP contribution is 2.46. The topological polar surface area (TPSA) is 18.5 Å². The number of fused-ring (bicyclic) bond motifs is 1. The van der Waals surface area contributed by atoms with Crippen molar-refractivity contribution in [1.82, 2.24) is 0 Å². The van der Waals surface area contributed by atoms with Gasteiger partial charge >= 0.3 is 0 Å². The van der Waals surface area contributed by atoms with Crippen LogP contribution >= 0.6 is 0 Å². The van der Waals surface area contributed by atoms with Gasteiger partial charge in [0.25, 0.3) is 0 Å². The van der Waals surface area contributed by atoms with Crippen molar-refractivity contribution in [3.63, 3.8) is 0 Å². The smallest absolute Gasteiger partial charge is 0.211 e. The predicted octanol–water partition coefficient (Wildman–Crippen LogP) is 3.63. The zero-order chi connectivity index (χ0) is 11.0. The Balaban J connectivity index is 1.98. The van der Waals surface area contributed by atoms with E-state index in [4.69, 9.17) is 9.47 Å². The van der Waals surface area contributed by atoms with Crippen molar-refractivity contribution < 1.29 is 9.47 Å². The van der Waals surface area contributed by atoms with Gasteiger partial charge in [0, 0.05) is 18.4 Å². The summed E-state index contributed by atoms with van der Waals surface area (Å²) in [4.78, 5) is 0. The standard InChI is InChI=1S/C14H17O2/c1-2-12-11-7-3-4-8-13(11)16-14(15-12)9-5-6-10-14/h3-4,7-8,12H,1-2,5-6,9-10H2. The molecule has 0 aromatic heterocycles. The first-order valence-corrected chi connectivity index (χ1v) is 6.08. The lowest BCUT2D eigenvalue weighted by Gasteiger charge is -2.39. The van der Waals surface area contributed by atoms with Gasteiger partial charge in [0.2, 0.25) is 5.79 Å². The van der Waals surface area contributed by atoms with Gasteiger partial charge in [-0.05, 0) is 25.3 Å². The maximum atomic E-state index is 6.13. The Hall–Kier alpha value is -1.02. The molecule has 1 aromatic rings. The van der Waals surface area contributed by atoms with Gasteiger partial charge in [-0.3, -0.25) is 0 Å². The van der Waals surface area contributed by atoms with Crippen LogP contribution in [0.2, 0.25) is 0 Å². The SMILES string of the molecule is [CH2]CC1OC2(CCCC2)Oc2ccccc21. The Bertz CT molecular complexity index is 380. The van der Waals surface area contributed by atoms with E-state index in [2.05, 4.69) is 13.0 Å². The molecule has 0 amide bonds. The number of benzene rings is 1. The van der Waals surface area contributed by atoms with Gasteiger partial charge in [-0.1, -0.05) is 25.1 Å². The molecule has 1 aliphatic carbocycles. The van der Waals surface area contributed by atoms with Gasteiger partial charge in [-0.25, -0.2) is 0 Å². The van der Waals surface area contributed by atoms with Gasteiger partial charge in [0.05, 0.1) is 6.10 Å². The highest BCUT2D eigenvalue weighted by molar-refractivity contribution is 5.37. The van der Waals surface area contributed by atoms with Crippen molar-refractivity contribution in [3.05, 3.63) is 36.8 Å². The fraction of sp³-hybridized carbons (Fsp3) is 0.500. The average Bonchev–Trinajstić information content (AvgIpc) is 2.76. The highest BCUT2D eigenvalue weighted by Gasteiger charge is 2.43. The number of para-hydroxylation sites is 1. The van der Waals surface area contributed by atoms with Gasteiger partial charge in [-0.15, -0.1) is 0 Å². The maximum Gasteiger partial charge on any atom is 0.211 e. The largest absolute Gasteiger partial charge is 0.462 e. The molecule has 0 saturated heterocycles. The van der Waals surface area contributed by atoms with Crippen LogP contribution in [0.4, 0.5) is 0 Å². The van der Waals surface area contributed by atoms with E-state index in [-0.39, 0.29) is 11.9 Å². The summed E-state index contributed by atoms with van der Waals surface area (Å²) in [5, 5.41) is 0. The summed E-state index contributed by atoms with van der Waals surface area (Å²) in [5.74, 6) is 0.640. The van der Waals surface area contributed by atoms with E-state index in [1.165, 1.54) is 12.8 Å². The first kappa shape index (κ1) is 10.2. The summed E-state index contributed by atoms with van der Waals surface area (Å²) < 4.78 is 12.2. The molecule has 1 saturated carbocycles. The fourth-order valence-corrected chi connectivity index (χ4v) is 2.73. The van der Waals surface area contributed by atoms with Crippen molar-refractivity contribution in [1.29, 1.82) is 0 Å². The molecule has 0 N–H and O–H groups in total. The van der Waals surface area contributed by atoms with Gasteiger partial charge in [-0.2, -0.15) is 0 Å². The Morgan fingerprint density at radius 1 is 1.25 bits per heavy atom. The molecule has 1 atom stereocenters. The van der Waals surface area contributed by atoms with Crippen LogP contribution in [0.1, 0.15) is 43.8 Å². The van der Waals surface area contributed by atoms with Crippen LogP contribution in [-0.4, -0.2) is 5.79 Å². The molecule has 1 aliphatic heterocycles. The van der Waals surface area contributed by atoms with E-state index in [9.17, 15) is 0 Å². The molecule has 16 heavy (non-hydrogen) atoms. The molecule has 1 aromatic carbocycles. The van der Waals surface area contributed by atoms with Crippen LogP contribution < -0.4 is 4.74 Å². The Labute approximate surface area is 96.6 Å². The summed E-state index contributed by atoms with van der Waals surface area (Å²) in [7, 11) is 0. The molecule has 1 radical (unpaired) electrons. The molecule has 0 bridgehead atoms. The van der Waals surface area contributed by atoms with Crippen molar-refractivity contribution in [2.24, 2.45) is 0 Å². The third-order valence-electron chi connectivity index (χ3n) is 3.55. The van der Waals surface area contributed by atoms with Crippen LogP contribution in [0.25, 0.3) is 0 Å². The zero-order valence-electron chi connectivity index (χ0n) is 9.45. The van der Waals surface area contributed by atoms with E-state index >= 15 is 0 Å². The van der Waals surface area contributed by atoms with E-state index < -0.39 is 0 Å². The molecule has 2 nitrogen and oxygen atoms in total. The molecular weight excluding hydrogens is 200 g/mol. The first-order valence-electron chi connectivity index (χ1n) is 6.08. The van der Waals surface area contributed by atoms with Crippen molar-refractivity contribution in [2.75, 3.05) is 0 Å². The molecule has 1 heterocycles. The Morgan fingerprint density at radius 3 is 2.75 bits per heavy atom. The number of hydrogen-bond acceptors (Lipinski definition) is 2. The van der Waals surface area contributed by atoms with E-state index in [1.807, 2.05) is 18.2 Å². The second-order valence-corrected chi connectivity index (χ2v) is 4.65. The minimum Gasteiger partial charge on any atom is -0.462 e. The lowest BCUT2D eigenvalue weighted by Crippen LogP contribution is -2.40. The molecule has 2 aliphatic rings. The summed E-state index contributed by atoms with van der Waals surface area (Å²) in [6.07, 6.45) is 5.29. The summed E-state index contributed by atoms with van der Waals surface area (Å²) >= 11 is 0. The van der Waals surface area contributed by atoms with Crippen LogP contribution in [0.15, 0.2) is 24.3 Å². The zero-order valence-corrected chi connectivity index (χ0v) is 9.45. The average molecular weight is 217 g/mol. The molecule has 1 fully saturated rings. The quantitative estimate of drug-likeness (QED) is 0.715. The summed E-state index contributed by atoms with van der Waals surface area (Å²) in [5.41, 5.74) is 1.15. The summed E-state index contributed by atoms with van der Waals surface area (Å²) in [6.45, 7) is 3.98. The second-order valence-electron chi connectivity index (χ2n) is 4.65. The number of hydrogen-bond donors (Lipinski definition) is 0. The van der Waals surface area contributed by atoms with Crippen molar-refractivity contribution in [3.8, 4) is 5.75 Å². The number of rotatable bonds is 1. The molecule has 3 rings (SSSR count). The fourth-order valence-electron chi connectivity index (χ4n) is 2.73. The Kier molecular flexibility index (Phi) is 2.40.